The largest absolute Gasteiger partial charge is 0.309 e. The number of aryl methyl sites for hydroxylation is 2. The highest BCUT2D eigenvalue weighted by Crippen LogP contribution is 2.33. The first kappa shape index (κ1) is 15.0. The van der Waals surface area contributed by atoms with Gasteiger partial charge in [0.1, 0.15) is 0 Å². The van der Waals surface area contributed by atoms with E-state index in [1.807, 2.05) is 11.3 Å². The maximum Gasteiger partial charge on any atom is 0.0900 e. The zero-order valence-corrected chi connectivity index (χ0v) is 13.8. The Morgan fingerprint density at radius 3 is 2.63 bits per heavy atom. The van der Waals surface area contributed by atoms with Crippen LogP contribution in [-0.2, 0) is 6.54 Å². The summed E-state index contributed by atoms with van der Waals surface area (Å²) in [5.41, 5.74) is 1.21. The Kier molecular flexibility index (Phi) is 5.02. The molecule has 0 radical (unpaired) electrons. The molecule has 1 aliphatic rings. The number of hydrogen-bond acceptors (Lipinski definition) is 3. The molecule has 0 aromatic carbocycles. The fourth-order valence-corrected chi connectivity index (χ4v) is 4.29. The highest BCUT2D eigenvalue weighted by molar-refractivity contribution is 7.11. The summed E-state index contributed by atoms with van der Waals surface area (Å²) in [4.78, 5) is 5.94. The van der Waals surface area contributed by atoms with Crippen molar-refractivity contribution in [2.24, 2.45) is 17.8 Å². The molecular weight excluding hydrogens is 252 g/mol. The quantitative estimate of drug-likeness (QED) is 0.889. The summed E-state index contributed by atoms with van der Waals surface area (Å²) in [5.74, 6) is 2.50. The van der Waals surface area contributed by atoms with Gasteiger partial charge < -0.3 is 5.32 Å². The third-order valence-electron chi connectivity index (χ3n) is 4.55. The van der Waals surface area contributed by atoms with Gasteiger partial charge in [-0.1, -0.05) is 27.2 Å². The molecule has 1 fully saturated rings. The summed E-state index contributed by atoms with van der Waals surface area (Å²) in [7, 11) is 0. The van der Waals surface area contributed by atoms with E-state index in [2.05, 4.69) is 44.9 Å². The molecule has 0 spiro atoms. The molecule has 1 N–H and O–H groups in total. The van der Waals surface area contributed by atoms with Crippen molar-refractivity contribution in [3.05, 3.63) is 15.6 Å². The summed E-state index contributed by atoms with van der Waals surface area (Å²) in [6.45, 7) is 12.4. The molecule has 1 aromatic heterocycles. The number of hydrogen-bond donors (Lipinski definition) is 1. The lowest BCUT2D eigenvalue weighted by molar-refractivity contribution is 0.169. The van der Waals surface area contributed by atoms with Crippen LogP contribution in [-0.4, -0.2) is 11.0 Å². The molecule has 0 saturated heterocycles. The average molecular weight is 280 g/mol. The van der Waals surface area contributed by atoms with Crippen molar-refractivity contribution in [2.75, 3.05) is 0 Å². The number of thiazole rings is 1. The van der Waals surface area contributed by atoms with E-state index in [0.29, 0.717) is 6.04 Å². The molecular formula is C16H28N2S. The van der Waals surface area contributed by atoms with Gasteiger partial charge in [-0.05, 0) is 44.4 Å². The number of rotatable bonds is 4. The highest BCUT2D eigenvalue weighted by Gasteiger charge is 2.30. The van der Waals surface area contributed by atoms with E-state index in [1.54, 1.807) is 0 Å². The predicted octanol–water partition coefficient (Wildman–Crippen LogP) is 4.31. The molecule has 19 heavy (non-hydrogen) atoms. The Balaban J connectivity index is 1.97. The second-order valence-electron chi connectivity index (χ2n) is 6.55. The van der Waals surface area contributed by atoms with Gasteiger partial charge in [-0.15, -0.1) is 11.3 Å². The third-order valence-corrected chi connectivity index (χ3v) is 5.62. The zero-order valence-electron chi connectivity index (χ0n) is 13.0. The second kappa shape index (κ2) is 6.36. The molecule has 0 aliphatic heterocycles. The Bertz CT molecular complexity index is 411. The van der Waals surface area contributed by atoms with Gasteiger partial charge in [0.05, 0.1) is 10.7 Å². The molecule has 1 aromatic rings. The van der Waals surface area contributed by atoms with Crippen LogP contribution >= 0.6 is 11.3 Å². The summed E-state index contributed by atoms with van der Waals surface area (Å²) in [5, 5.41) is 5.01. The minimum absolute atomic E-state index is 0.686. The van der Waals surface area contributed by atoms with Crippen molar-refractivity contribution in [3.63, 3.8) is 0 Å². The normalized spacial score (nSPS) is 28.0. The van der Waals surface area contributed by atoms with E-state index in [4.69, 9.17) is 0 Å². The molecule has 1 heterocycles. The van der Waals surface area contributed by atoms with Crippen LogP contribution in [0.15, 0.2) is 0 Å². The monoisotopic (exact) mass is 280 g/mol. The molecule has 108 valence electrons. The molecule has 3 heteroatoms. The van der Waals surface area contributed by atoms with E-state index < -0.39 is 0 Å². The summed E-state index contributed by atoms with van der Waals surface area (Å²) in [6, 6.07) is 0.686. The van der Waals surface area contributed by atoms with E-state index in [1.165, 1.54) is 34.8 Å². The van der Waals surface area contributed by atoms with Crippen LogP contribution in [0.1, 0.15) is 55.6 Å². The van der Waals surface area contributed by atoms with Gasteiger partial charge in [-0.2, -0.15) is 0 Å². The van der Waals surface area contributed by atoms with E-state index in [0.717, 1.165) is 24.3 Å². The molecule has 2 rings (SSSR count). The molecule has 2 nitrogen and oxygen atoms in total. The van der Waals surface area contributed by atoms with Crippen LogP contribution < -0.4 is 5.32 Å². The van der Waals surface area contributed by atoms with Gasteiger partial charge >= 0.3 is 0 Å². The summed E-state index contributed by atoms with van der Waals surface area (Å²) in [6.07, 6.45) is 4.12. The van der Waals surface area contributed by atoms with Crippen LogP contribution in [0, 0.1) is 31.6 Å². The van der Waals surface area contributed by atoms with E-state index in [9.17, 15) is 0 Å². The first-order chi connectivity index (χ1) is 8.97. The van der Waals surface area contributed by atoms with Crippen molar-refractivity contribution >= 4 is 11.3 Å². The van der Waals surface area contributed by atoms with Gasteiger partial charge in [0.2, 0.25) is 0 Å². The Morgan fingerprint density at radius 1 is 1.32 bits per heavy atom. The number of aromatic nitrogens is 1. The molecule has 3 atom stereocenters. The smallest absolute Gasteiger partial charge is 0.0900 e. The molecule has 0 amide bonds. The highest BCUT2D eigenvalue weighted by atomic mass is 32.1. The SMILES string of the molecule is Cc1nc(C)c(CNC2CC(C)CCC2C(C)C)s1. The standard InChI is InChI=1S/C16H28N2S/c1-10(2)14-7-6-11(3)8-15(14)17-9-16-12(4)18-13(5)19-16/h10-11,14-15,17H,6-9H2,1-5H3. The minimum Gasteiger partial charge on any atom is -0.309 e. The zero-order chi connectivity index (χ0) is 14.0. The van der Waals surface area contributed by atoms with Crippen LogP contribution in [0.2, 0.25) is 0 Å². The van der Waals surface area contributed by atoms with E-state index >= 15 is 0 Å². The number of nitrogens with zero attached hydrogens (tertiary/aromatic N) is 1. The molecule has 1 saturated carbocycles. The molecule has 3 unspecified atom stereocenters. The second-order valence-corrected chi connectivity index (χ2v) is 7.84. The fraction of sp³-hybridized carbons (Fsp3) is 0.812. The Morgan fingerprint density at radius 2 is 2.05 bits per heavy atom. The maximum absolute atomic E-state index is 4.52. The maximum atomic E-state index is 4.52. The lowest BCUT2D eigenvalue weighted by Gasteiger charge is -2.38. The third kappa shape index (κ3) is 3.79. The first-order valence-electron chi connectivity index (χ1n) is 7.63. The van der Waals surface area contributed by atoms with Crippen LogP contribution in [0.5, 0.6) is 0 Å². The number of nitrogens with one attached hydrogen (secondary N) is 1. The summed E-state index contributed by atoms with van der Waals surface area (Å²) >= 11 is 1.84. The van der Waals surface area contributed by atoms with Gasteiger partial charge in [0, 0.05) is 17.5 Å². The van der Waals surface area contributed by atoms with Crippen molar-refractivity contribution in [1.29, 1.82) is 0 Å². The minimum atomic E-state index is 0.686. The predicted molar refractivity (Wildman–Crippen MR) is 83.6 cm³/mol. The van der Waals surface area contributed by atoms with Gasteiger partial charge in [0.25, 0.3) is 0 Å². The van der Waals surface area contributed by atoms with Crippen LogP contribution in [0.4, 0.5) is 0 Å². The Hall–Kier alpha value is -0.410. The van der Waals surface area contributed by atoms with Crippen molar-refractivity contribution in [2.45, 2.75) is 66.5 Å². The van der Waals surface area contributed by atoms with Crippen molar-refractivity contribution in [1.82, 2.24) is 10.3 Å². The first-order valence-corrected chi connectivity index (χ1v) is 8.45. The van der Waals surface area contributed by atoms with Crippen LogP contribution in [0.25, 0.3) is 0 Å². The lowest BCUT2D eigenvalue weighted by atomic mass is 9.74. The summed E-state index contributed by atoms with van der Waals surface area (Å²) < 4.78 is 0. The van der Waals surface area contributed by atoms with E-state index in [-0.39, 0.29) is 0 Å². The van der Waals surface area contributed by atoms with Gasteiger partial charge in [-0.3, -0.25) is 0 Å². The Labute approximate surface area is 122 Å². The molecule has 1 aliphatic carbocycles. The van der Waals surface area contributed by atoms with Crippen LogP contribution in [0.3, 0.4) is 0 Å². The fourth-order valence-electron chi connectivity index (χ4n) is 3.40. The van der Waals surface area contributed by atoms with Crippen molar-refractivity contribution in [3.8, 4) is 0 Å². The molecule has 0 bridgehead atoms. The van der Waals surface area contributed by atoms with Gasteiger partial charge in [0.15, 0.2) is 0 Å². The van der Waals surface area contributed by atoms with Crippen molar-refractivity contribution < 1.29 is 0 Å². The topological polar surface area (TPSA) is 24.9 Å². The average Bonchev–Trinajstić information content (AvgIpc) is 2.65. The lowest BCUT2D eigenvalue weighted by Crippen LogP contribution is -2.42. The van der Waals surface area contributed by atoms with Gasteiger partial charge in [-0.25, -0.2) is 4.98 Å².